The fourth-order valence-corrected chi connectivity index (χ4v) is 5.90. The zero-order chi connectivity index (χ0) is 26.9. The number of likely N-dealkylation sites (tertiary alicyclic amines) is 1. The summed E-state index contributed by atoms with van der Waals surface area (Å²) in [6.45, 7) is 2.91. The molecular formula is C28H33N9O2. The smallest absolute Gasteiger partial charge is 0.259 e. The lowest BCUT2D eigenvalue weighted by atomic mass is 10.1. The van der Waals surface area contributed by atoms with Crippen LogP contribution in [-0.4, -0.2) is 64.7 Å². The van der Waals surface area contributed by atoms with Gasteiger partial charge in [-0.25, -0.2) is 4.52 Å². The van der Waals surface area contributed by atoms with Gasteiger partial charge in [0.05, 0.1) is 64.8 Å². The first-order valence-electron chi connectivity index (χ1n) is 13.6. The Morgan fingerprint density at radius 1 is 0.974 bits per heavy atom. The molecule has 4 aromatic heterocycles. The van der Waals surface area contributed by atoms with Gasteiger partial charge in [-0.15, -0.1) is 0 Å². The van der Waals surface area contributed by atoms with Crippen molar-refractivity contribution >= 4 is 28.7 Å². The van der Waals surface area contributed by atoms with E-state index in [9.17, 15) is 9.59 Å². The van der Waals surface area contributed by atoms with E-state index in [0.29, 0.717) is 52.3 Å². The molecule has 1 saturated carbocycles. The molecule has 6 rings (SSSR count). The summed E-state index contributed by atoms with van der Waals surface area (Å²) >= 11 is 0. The molecule has 11 nitrogen and oxygen atoms in total. The molecule has 1 saturated heterocycles. The Morgan fingerprint density at radius 2 is 1.82 bits per heavy atom. The molecule has 0 bridgehead atoms. The maximum absolute atomic E-state index is 13.2. The summed E-state index contributed by atoms with van der Waals surface area (Å²) in [7, 11) is 1.84. The molecule has 2 fully saturated rings. The van der Waals surface area contributed by atoms with Crippen LogP contribution >= 0.6 is 0 Å². The molecule has 0 radical (unpaired) electrons. The lowest BCUT2D eigenvalue weighted by Gasteiger charge is -2.30. The lowest BCUT2D eigenvalue weighted by molar-refractivity contribution is -0.117. The van der Waals surface area contributed by atoms with E-state index in [4.69, 9.17) is 0 Å². The minimum absolute atomic E-state index is 0.0223. The van der Waals surface area contributed by atoms with Gasteiger partial charge in [-0.3, -0.25) is 29.1 Å². The Kier molecular flexibility index (Phi) is 6.82. The van der Waals surface area contributed by atoms with Crippen LogP contribution in [0.5, 0.6) is 0 Å². The van der Waals surface area contributed by atoms with Crippen LogP contribution in [0.3, 0.4) is 0 Å². The number of nitrogens with one attached hydrogen (secondary N) is 2. The molecule has 2 amide bonds. The molecule has 0 unspecified atom stereocenters. The van der Waals surface area contributed by atoms with Gasteiger partial charge < -0.3 is 10.6 Å². The fraction of sp³-hybridized carbons (Fsp3) is 0.429. The van der Waals surface area contributed by atoms with Gasteiger partial charge in [0.15, 0.2) is 0 Å². The van der Waals surface area contributed by atoms with Crippen LogP contribution in [0.25, 0.3) is 16.8 Å². The van der Waals surface area contributed by atoms with Gasteiger partial charge in [-0.05, 0) is 45.2 Å². The Labute approximate surface area is 226 Å². The molecule has 2 N–H and O–H groups in total. The number of hydrogen-bond acceptors (Lipinski definition) is 7. The van der Waals surface area contributed by atoms with Crippen molar-refractivity contribution in [2.24, 2.45) is 7.05 Å². The van der Waals surface area contributed by atoms with Crippen molar-refractivity contribution in [3.8, 4) is 11.3 Å². The molecule has 39 heavy (non-hydrogen) atoms. The molecule has 1 aliphatic heterocycles. The summed E-state index contributed by atoms with van der Waals surface area (Å²) in [6, 6.07) is 2.69. The predicted molar refractivity (Wildman–Crippen MR) is 147 cm³/mol. The highest BCUT2D eigenvalue weighted by atomic mass is 16.2. The van der Waals surface area contributed by atoms with E-state index in [1.165, 1.54) is 31.9 Å². The second-order valence-corrected chi connectivity index (χ2v) is 10.6. The maximum Gasteiger partial charge on any atom is 0.259 e. The van der Waals surface area contributed by atoms with Crippen molar-refractivity contribution in [1.82, 2.24) is 34.3 Å². The van der Waals surface area contributed by atoms with Gasteiger partial charge in [0.1, 0.15) is 0 Å². The normalized spacial score (nSPS) is 18.2. The maximum atomic E-state index is 13.2. The number of amides is 2. The molecule has 202 valence electrons. The van der Waals surface area contributed by atoms with Gasteiger partial charge in [-0.2, -0.15) is 10.2 Å². The highest BCUT2D eigenvalue weighted by Gasteiger charge is 2.33. The number of hydrogen-bond donors (Lipinski definition) is 2. The van der Waals surface area contributed by atoms with Crippen molar-refractivity contribution in [3.63, 3.8) is 0 Å². The van der Waals surface area contributed by atoms with Gasteiger partial charge in [0.2, 0.25) is 5.91 Å². The topological polar surface area (TPSA) is 122 Å². The van der Waals surface area contributed by atoms with Crippen molar-refractivity contribution in [2.75, 3.05) is 17.2 Å². The van der Waals surface area contributed by atoms with E-state index in [1.54, 1.807) is 40.1 Å². The zero-order valence-electron chi connectivity index (χ0n) is 22.3. The largest absolute Gasteiger partial charge is 0.325 e. The van der Waals surface area contributed by atoms with Crippen molar-refractivity contribution in [3.05, 3.63) is 54.5 Å². The molecule has 0 aromatic carbocycles. The molecule has 2 aliphatic rings. The van der Waals surface area contributed by atoms with Crippen LogP contribution in [0.4, 0.5) is 11.4 Å². The molecule has 4 aromatic rings. The van der Waals surface area contributed by atoms with E-state index >= 15 is 0 Å². The first-order chi connectivity index (χ1) is 18.9. The predicted octanol–water partition coefficient (Wildman–Crippen LogP) is 3.82. The number of fused-ring (bicyclic) bond motifs is 1. The Morgan fingerprint density at radius 3 is 2.62 bits per heavy atom. The van der Waals surface area contributed by atoms with E-state index < -0.39 is 0 Å². The van der Waals surface area contributed by atoms with Crippen molar-refractivity contribution < 1.29 is 9.59 Å². The first kappa shape index (κ1) is 25.2. The minimum Gasteiger partial charge on any atom is -0.325 e. The Hall–Kier alpha value is -4.12. The second-order valence-electron chi connectivity index (χ2n) is 10.6. The molecule has 11 heteroatoms. The average Bonchev–Trinajstić information content (AvgIpc) is 3.72. The van der Waals surface area contributed by atoms with E-state index in [2.05, 4.69) is 35.7 Å². The molecule has 1 atom stereocenters. The molecule has 5 heterocycles. The number of anilines is 2. The number of carbonyl (C=O) groups is 2. The van der Waals surface area contributed by atoms with E-state index in [-0.39, 0.29) is 11.8 Å². The van der Waals surface area contributed by atoms with Crippen LogP contribution in [0, 0.1) is 6.92 Å². The summed E-state index contributed by atoms with van der Waals surface area (Å²) in [5.74, 6) is -0.349. The lowest BCUT2D eigenvalue weighted by Crippen LogP contribution is -2.39. The number of carbonyl (C=O) groups excluding carboxylic acids is 2. The van der Waals surface area contributed by atoms with E-state index in [1.807, 2.05) is 20.2 Å². The highest BCUT2D eigenvalue weighted by Crippen LogP contribution is 2.31. The van der Waals surface area contributed by atoms with Crippen molar-refractivity contribution in [2.45, 2.75) is 64.0 Å². The Bertz CT molecular complexity index is 1520. The SMILES string of the molecule is Cc1ncc(NC(=O)C[C@@H]2CCCN2C2CCCC2)cc1NC(=O)c1cnn2cc(-c3cnn(C)c3)ncc12. The summed E-state index contributed by atoms with van der Waals surface area (Å²) < 4.78 is 3.33. The van der Waals surface area contributed by atoms with Crippen LogP contribution in [0.15, 0.2) is 43.2 Å². The third-order valence-electron chi connectivity index (χ3n) is 7.91. The van der Waals surface area contributed by atoms with Crippen LogP contribution < -0.4 is 10.6 Å². The van der Waals surface area contributed by atoms with Crippen molar-refractivity contribution in [1.29, 1.82) is 0 Å². The van der Waals surface area contributed by atoms with Gasteiger partial charge in [0.25, 0.3) is 5.91 Å². The van der Waals surface area contributed by atoms with Gasteiger partial charge >= 0.3 is 0 Å². The third kappa shape index (κ3) is 5.26. The summed E-state index contributed by atoms with van der Waals surface area (Å²) in [4.78, 5) is 37.6. The summed E-state index contributed by atoms with van der Waals surface area (Å²) in [5.41, 5.74) is 4.29. The quantitative estimate of drug-likeness (QED) is 0.375. The summed E-state index contributed by atoms with van der Waals surface area (Å²) in [5, 5.41) is 14.5. The number of aromatic nitrogens is 6. The first-order valence-corrected chi connectivity index (χ1v) is 13.6. The Balaban J connectivity index is 1.13. The minimum atomic E-state index is -0.326. The number of rotatable bonds is 7. The molecule has 1 aliphatic carbocycles. The third-order valence-corrected chi connectivity index (χ3v) is 7.91. The average molecular weight is 528 g/mol. The van der Waals surface area contributed by atoms with Crippen LogP contribution in [0.2, 0.25) is 0 Å². The number of nitrogens with zero attached hydrogens (tertiary/aromatic N) is 7. The van der Waals surface area contributed by atoms with Gasteiger partial charge in [0, 0.05) is 37.3 Å². The van der Waals surface area contributed by atoms with Crippen LogP contribution in [0.1, 0.15) is 61.0 Å². The molecular weight excluding hydrogens is 494 g/mol. The summed E-state index contributed by atoms with van der Waals surface area (Å²) in [6.07, 6.45) is 17.9. The second kappa shape index (κ2) is 10.6. The zero-order valence-corrected chi connectivity index (χ0v) is 22.3. The molecule has 0 spiro atoms. The fourth-order valence-electron chi connectivity index (χ4n) is 5.90. The van der Waals surface area contributed by atoms with Gasteiger partial charge in [-0.1, -0.05) is 12.8 Å². The number of pyridine rings is 1. The number of aryl methyl sites for hydroxylation is 2. The monoisotopic (exact) mass is 527 g/mol. The van der Waals surface area contributed by atoms with E-state index in [0.717, 1.165) is 24.9 Å². The standard InChI is InChI=1S/C28H33N9O2/c1-18-24(10-20(13-29-18)33-27(38)11-22-8-5-9-36(22)21-6-3-4-7-21)34-28(39)23-14-32-37-17-25(30-15-26(23)37)19-12-31-35(2)16-19/h10,12-17,21-22H,3-9,11H2,1-2H3,(H,33,38)(H,34,39)/t22-/m0/s1. The van der Waals surface area contributed by atoms with Crippen LogP contribution in [-0.2, 0) is 11.8 Å². The highest BCUT2D eigenvalue weighted by molar-refractivity contribution is 6.09.